The minimum Gasteiger partial charge on any atom is -0.830 e. The summed E-state index contributed by atoms with van der Waals surface area (Å²) in [6.07, 6.45) is 0. The van der Waals surface area contributed by atoms with Crippen LogP contribution in [0.2, 0.25) is 0 Å². The third kappa shape index (κ3) is 1.44. The van der Waals surface area contributed by atoms with E-state index in [4.69, 9.17) is 0 Å². The summed E-state index contributed by atoms with van der Waals surface area (Å²) in [5.41, 5.74) is 0. The maximum Gasteiger partial charge on any atom is 0.391 e. The first-order valence-electron chi connectivity index (χ1n) is 5.06. The minimum atomic E-state index is -0.342. The van der Waals surface area contributed by atoms with Crippen LogP contribution in [-0.4, -0.2) is 33.8 Å². The number of aryl methyl sites for hydroxylation is 2. The Balaban J connectivity index is 2.74. The first kappa shape index (κ1) is 10.6. The maximum absolute atomic E-state index is 11.8. The first-order chi connectivity index (χ1) is 7.54. The largest absolute Gasteiger partial charge is 0.830 e. The molecule has 2 aromatic rings. The van der Waals surface area contributed by atoms with Gasteiger partial charge in [-0.2, -0.15) is 9.08 Å². The van der Waals surface area contributed by atoms with Crippen LogP contribution in [0.15, 0.2) is 0 Å². The van der Waals surface area contributed by atoms with E-state index in [-0.39, 0.29) is 6.01 Å². The zero-order valence-electron chi connectivity index (χ0n) is 9.80. The zero-order chi connectivity index (χ0) is 11.9. The molecule has 0 aliphatic heterocycles. The predicted molar refractivity (Wildman–Crippen MR) is 55.2 cm³/mol. The highest BCUT2D eigenvalue weighted by Crippen LogP contribution is 2.06. The average molecular weight is 222 g/mol. The monoisotopic (exact) mass is 222 g/mol. The predicted octanol–water partition coefficient (Wildman–Crippen LogP) is -1.12. The summed E-state index contributed by atoms with van der Waals surface area (Å²) < 4.78 is 3.14. The molecule has 0 N–H and O–H groups in total. The van der Waals surface area contributed by atoms with Crippen LogP contribution in [0.25, 0.3) is 5.78 Å². The van der Waals surface area contributed by atoms with E-state index in [0.717, 1.165) is 5.82 Å². The summed E-state index contributed by atoms with van der Waals surface area (Å²) in [5.74, 6) is 1.52. The standard InChI is InChI=1S/C9H14N6O/c1-5-14-6(2)15-8(12-14)10-7(13(3)4)11-9(15)16/h5H2,1-4H3. The molecule has 0 spiro atoms. The molecule has 0 amide bonds. The van der Waals surface area contributed by atoms with Crippen LogP contribution in [0.1, 0.15) is 12.7 Å². The fraction of sp³-hybridized carbons (Fsp3) is 0.556. The molecule has 7 nitrogen and oxygen atoms in total. The molecule has 0 atom stereocenters. The molecule has 0 aliphatic rings. The van der Waals surface area contributed by atoms with Gasteiger partial charge in [-0.05, 0) is 6.92 Å². The van der Waals surface area contributed by atoms with E-state index in [9.17, 15) is 5.11 Å². The summed E-state index contributed by atoms with van der Waals surface area (Å²) in [6.45, 7) is 4.49. The molecule has 0 aliphatic carbocycles. The number of hydrogen-bond acceptors (Lipinski definition) is 5. The Morgan fingerprint density at radius 1 is 1.38 bits per heavy atom. The van der Waals surface area contributed by atoms with E-state index in [1.165, 1.54) is 4.40 Å². The van der Waals surface area contributed by atoms with Gasteiger partial charge in [0.25, 0.3) is 0 Å². The Labute approximate surface area is 93.0 Å². The Morgan fingerprint density at radius 2 is 2.06 bits per heavy atom. The summed E-state index contributed by atoms with van der Waals surface area (Å²) >= 11 is 0. The lowest BCUT2D eigenvalue weighted by Gasteiger charge is -2.08. The number of anilines is 1. The number of aromatic nitrogens is 5. The zero-order valence-corrected chi connectivity index (χ0v) is 9.80. The third-order valence-electron chi connectivity index (χ3n) is 2.39. The maximum atomic E-state index is 11.8. The van der Waals surface area contributed by atoms with E-state index >= 15 is 0 Å². The number of hydrogen-bond donors (Lipinski definition) is 0. The molecule has 7 heteroatoms. The highest BCUT2D eigenvalue weighted by atomic mass is 16.3. The van der Waals surface area contributed by atoms with Gasteiger partial charge in [0, 0.05) is 26.1 Å². The molecule has 0 saturated carbocycles. The second kappa shape index (κ2) is 3.58. The lowest BCUT2D eigenvalue weighted by Crippen LogP contribution is -2.32. The van der Waals surface area contributed by atoms with Crippen molar-refractivity contribution in [2.75, 3.05) is 19.0 Å². The van der Waals surface area contributed by atoms with Gasteiger partial charge in [0.05, 0.1) is 6.54 Å². The molecular weight excluding hydrogens is 208 g/mol. The summed E-state index contributed by atoms with van der Waals surface area (Å²) in [7, 11) is 3.57. The van der Waals surface area contributed by atoms with Crippen LogP contribution in [0.4, 0.5) is 5.95 Å². The summed E-state index contributed by atoms with van der Waals surface area (Å²) in [4.78, 5) is 9.77. The Morgan fingerprint density at radius 3 is 2.62 bits per heavy atom. The average Bonchev–Trinajstić information content (AvgIpc) is 2.55. The second-order valence-electron chi connectivity index (χ2n) is 3.70. The molecule has 0 bridgehead atoms. The van der Waals surface area contributed by atoms with Crippen molar-refractivity contribution in [3.05, 3.63) is 5.82 Å². The van der Waals surface area contributed by atoms with Crippen LogP contribution in [0.5, 0.6) is 6.01 Å². The third-order valence-corrected chi connectivity index (χ3v) is 2.39. The van der Waals surface area contributed by atoms with Crippen molar-refractivity contribution in [2.24, 2.45) is 0 Å². The SMILES string of the molecule is CCn1nc2nc(N(C)C)nc([O-])[n+]2c1C. The van der Waals surface area contributed by atoms with E-state index in [2.05, 4.69) is 15.1 Å². The highest BCUT2D eigenvalue weighted by Gasteiger charge is 2.18. The minimum absolute atomic E-state index is 0.342. The molecule has 0 aromatic carbocycles. The molecule has 2 rings (SSSR count). The van der Waals surface area contributed by atoms with Crippen molar-refractivity contribution in [1.82, 2.24) is 19.7 Å². The highest BCUT2D eigenvalue weighted by molar-refractivity contribution is 5.32. The van der Waals surface area contributed by atoms with Gasteiger partial charge < -0.3 is 10.0 Å². The number of rotatable bonds is 2. The van der Waals surface area contributed by atoms with Crippen molar-refractivity contribution in [3.63, 3.8) is 0 Å². The van der Waals surface area contributed by atoms with Crippen molar-refractivity contribution >= 4 is 11.7 Å². The van der Waals surface area contributed by atoms with Gasteiger partial charge in [-0.25, -0.2) is 0 Å². The quantitative estimate of drug-likeness (QED) is 0.602. The molecule has 2 heterocycles. The lowest BCUT2D eigenvalue weighted by molar-refractivity contribution is -0.599. The number of nitrogens with zero attached hydrogens (tertiary/aromatic N) is 6. The van der Waals surface area contributed by atoms with E-state index in [1.54, 1.807) is 23.7 Å². The van der Waals surface area contributed by atoms with Gasteiger partial charge in [0.15, 0.2) is 11.8 Å². The Hall–Kier alpha value is -1.92. The molecule has 0 radical (unpaired) electrons. The lowest BCUT2D eigenvalue weighted by atomic mass is 10.6. The fourth-order valence-electron chi connectivity index (χ4n) is 1.53. The van der Waals surface area contributed by atoms with E-state index < -0.39 is 0 Å². The van der Waals surface area contributed by atoms with E-state index in [0.29, 0.717) is 18.3 Å². The van der Waals surface area contributed by atoms with Crippen LogP contribution in [0, 0.1) is 6.92 Å². The van der Waals surface area contributed by atoms with Crippen LogP contribution < -0.4 is 14.4 Å². The molecule has 86 valence electrons. The summed E-state index contributed by atoms with van der Waals surface area (Å²) in [5, 5.41) is 16.0. The van der Waals surface area contributed by atoms with Crippen molar-refractivity contribution < 1.29 is 9.51 Å². The van der Waals surface area contributed by atoms with Crippen LogP contribution in [-0.2, 0) is 6.54 Å². The topological polar surface area (TPSA) is 74.0 Å². The van der Waals surface area contributed by atoms with Crippen molar-refractivity contribution in [2.45, 2.75) is 20.4 Å². The van der Waals surface area contributed by atoms with Gasteiger partial charge in [0.2, 0.25) is 0 Å². The first-order valence-corrected chi connectivity index (χ1v) is 5.06. The van der Waals surface area contributed by atoms with Gasteiger partial charge >= 0.3 is 11.7 Å². The molecule has 0 fully saturated rings. The second-order valence-corrected chi connectivity index (χ2v) is 3.70. The smallest absolute Gasteiger partial charge is 0.391 e. The van der Waals surface area contributed by atoms with Crippen molar-refractivity contribution in [3.8, 4) is 6.01 Å². The van der Waals surface area contributed by atoms with Gasteiger partial charge in [0.1, 0.15) is 0 Å². The Kier molecular flexibility index (Phi) is 2.37. The van der Waals surface area contributed by atoms with E-state index in [1.807, 2.05) is 13.8 Å². The molecule has 0 saturated heterocycles. The fourth-order valence-corrected chi connectivity index (χ4v) is 1.53. The molecule has 2 aromatic heterocycles. The normalized spacial score (nSPS) is 11.0. The van der Waals surface area contributed by atoms with Gasteiger partial charge in [-0.3, -0.25) is 0 Å². The number of fused-ring (bicyclic) bond motifs is 1. The van der Waals surface area contributed by atoms with Crippen molar-refractivity contribution in [1.29, 1.82) is 0 Å². The Bertz CT molecular complexity index is 532. The van der Waals surface area contributed by atoms with Gasteiger partial charge in [-0.1, -0.05) is 4.98 Å². The molecule has 16 heavy (non-hydrogen) atoms. The van der Waals surface area contributed by atoms with Crippen LogP contribution >= 0.6 is 0 Å². The van der Waals surface area contributed by atoms with Crippen LogP contribution in [0.3, 0.4) is 0 Å². The van der Waals surface area contributed by atoms with Gasteiger partial charge in [-0.15, -0.1) is 4.98 Å². The summed E-state index contributed by atoms with van der Waals surface area (Å²) in [6, 6.07) is -0.342. The molecule has 0 unspecified atom stereocenters. The molecular formula is C9H14N6O.